The van der Waals surface area contributed by atoms with Crippen LogP contribution in [0.2, 0.25) is 5.02 Å². The highest BCUT2D eigenvalue weighted by atomic mass is 35.5. The van der Waals surface area contributed by atoms with Crippen LogP contribution in [0.4, 0.5) is 14.9 Å². The zero-order chi connectivity index (χ0) is 18.5. The van der Waals surface area contributed by atoms with Crippen molar-refractivity contribution in [2.24, 2.45) is 0 Å². The molecule has 5 nitrogen and oxygen atoms in total. The molecule has 0 spiro atoms. The number of carbonyl (C=O) groups excluding carboxylic acids is 2. The molecule has 0 atom stereocenters. The minimum Gasteiger partial charge on any atom is -0.337 e. The molecular weight excluding hydrogens is 357 g/mol. The lowest BCUT2D eigenvalue weighted by molar-refractivity contribution is 0.0762. The summed E-state index contributed by atoms with van der Waals surface area (Å²) in [5, 5.41) is 3.37. The quantitative estimate of drug-likeness (QED) is 0.866. The summed E-state index contributed by atoms with van der Waals surface area (Å²) >= 11 is 5.93. The van der Waals surface area contributed by atoms with Crippen LogP contribution in [0.5, 0.6) is 0 Å². The molecule has 0 aromatic heterocycles. The van der Waals surface area contributed by atoms with E-state index in [4.69, 9.17) is 11.6 Å². The molecule has 1 saturated heterocycles. The topological polar surface area (TPSA) is 52.7 Å². The second-order valence-corrected chi connectivity index (χ2v) is 6.52. The minimum atomic E-state index is -0.374. The molecule has 0 bridgehead atoms. The first-order valence-electron chi connectivity index (χ1n) is 8.39. The monoisotopic (exact) mass is 375 g/mol. The van der Waals surface area contributed by atoms with Crippen LogP contribution < -0.4 is 5.32 Å². The van der Waals surface area contributed by atoms with E-state index < -0.39 is 0 Å². The third-order valence-corrected chi connectivity index (χ3v) is 4.47. The van der Waals surface area contributed by atoms with Crippen molar-refractivity contribution in [1.82, 2.24) is 9.80 Å². The van der Waals surface area contributed by atoms with Gasteiger partial charge in [-0.1, -0.05) is 17.7 Å². The number of amides is 3. The van der Waals surface area contributed by atoms with Crippen LogP contribution >= 0.6 is 11.6 Å². The summed E-state index contributed by atoms with van der Waals surface area (Å²) in [6.45, 7) is 1.97. The molecule has 1 fully saturated rings. The maximum absolute atomic E-state index is 13.0. The number of urea groups is 1. The number of benzene rings is 2. The molecule has 26 heavy (non-hydrogen) atoms. The van der Waals surface area contributed by atoms with Crippen molar-refractivity contribution in [2.45, 2.75) is 6.42 Å². The van der Waals surface area contributed by atoms with Crippen molar-refractivity contribution in [2.75, 3.05) is 31.5 Å². The Hall–Kier alpha value is -2.60. The second-order valence-electron chi connectivity index (χ2n) is 6.08. The molecule has 136 valence electrons. The van der Waals surface area contributed by atoms with Gasteiger partial charge in [0.15, 0.2) is 0 Å². The molecule has 3 rings (SSSR count). The van der Waals surface area contributed by atoms with Crippen LogP contribution in [0, 0.1) is 5.82 Å². The number of nitrogens with zero attached hydrogens (tertiary/aromatic N) is 2. The first-order valence-corrected chi connectivity index (χ1v) is 8.77. The first-order chi connectivity index (χ1) is 12.5. The van der Waals surface area contributed by atoms with Crippen LogP contribution in [-0.4, -0.2) is 47.9 Å². The predicted octanol–water partition coefficient (Wildman–Crippen LogP) is 3.86. The second kappa shape index (κ2) is 8.19. The highest BCUT2D eigenvalue weighted by Crippen LogP contribution is 2.16. The Morgan fingerprint density at radius 2 is 1.65 bits per heavy atom. The van der Waals surface area contributed by atoms with E-state index in [9.17, 15) is 14.0 Å². The molecule has 2 aromatic carbocycles. The van der Waals surface area contributed by atoms with Crippen LogP contribution in [0.25, 0.3) is 0 Å². The van der Waals surface area contributed by atoms with Crippen LogP contribution in [0.15, 0.2) is 48.5 Å². The highest BCUT2D eigenvalue weighted by Gasteiger charge is 2.23. The molecular formula is C19H19ClFN3O2. The molecule has 1 N–H and O–H groups in total. The summed E-state index contributed by atoms with van der Waals surface area (Å²) < 4.78 is 13.0. The Morgan fingerprint density at radius 3 is 2.38 bits per heavy atom. The number of nitrogens with one attached hydrogen (secondary N) is 1. The molecule has 1 heterocycles. The van der Waals surface area contributed by atoms with Crippen molar-refractivity contribution in [1.29, 1.82) is 0 Å². The third kappa shape index (κ3) is 4.52. The smallest absolute Gasteiger partial charge is 0.321 e. The van der Waals surface area contributed by atoms with E-state index in [0.29, 0.717) is 48.9 Å². The number of carbonyl (C=O) groups is 2. The summed E-state index contributed by atoms with van der Waals surface area (Å²) in [7, 11) is 0. The standard InChI is InChI=1S/C19H19ClFN3O2/c20-15-3-1-4-17(13-15)22-19(26)24-10-2-9-23(11-12-24)18(25)14-5-7-16(21)8-6-14/h1,3-8,13H,2,9-12H2,(H,22,26). The number of rotatable bonds is 2. The largest absolute Gasteiger partial charge is 0.337 e. The Labute approximate surface area is 156 Å². The highest BCUT2D eigenvalue weighted by molar-refractivity contribution is 6.30. The molecule has 1 aliphatic heterocycles. The third-order valence-electron chi connectivity index (χ3n) is 4.24. The van der Waals surface area contributed by atoms with Gasteiger partial charge >= 0.3 is 6.03 Å². The van der Waals surface area contributed by atoms with E-state index in [1.165, 1.54) is 24.3 Å². The maximum atomic E-state index is 13.0. The molecule has 0 saturated carbocycles. The van der Waals surface area contributed by atoms with Crippen molar-refractivity contribution >= 4 is 29.2 Å². The van der Waals surface area contributed by atoms with E-state index in [-0.39, 0.29) is 17.8 Å². The van der Waals surface area contributed by atoms with Gasteiger partial charge in [0.1, 0.15) is 5.82 Å². The van der Waals surface area contributed by atoms with Crippen molar-refractivity contribution < 1.29 is 14.0 Å². The molecule has 3 amide bonds. The molecule has 0 unspecified atom stereocenters. The number of hydrogen-bond donors (Lipinski definition) is 1. The van der Waals surface area contributed by atoms with Crippen molar-refractivity contribution in [3.63, 3.8) is 0 Å². The normalized spacial score (nSPS) is 14.7. The Morgan fingerprint density at radius 1 is 0.962 bits per heavy atom. The Bertz CT molecular complexity index is 798. The van der Waals surface area contributed by atoms with Gasteiger partial charge in [-0.05, 0) is 48.9 Å². The Balaban J connectivity index is 1.59. The fourth-order valence-electron chi connectivity index (χ4n) is 2.87. The minimum absolute atomic E-state index is 0.151. The van der Waals surface area contributed by atoms with Gasteiger partial charge in [0.25, 0.3) is 5.91 Å². The van der Waals surface area contributed by atoms with E-state index in [2.05, 4.69) is 5.32 Å². The predicted molar refractivity (Wildman–Crippen MR) is 99.0 cm³/mol. The lowest BCUT2D eigenvalue weighted by Gasteiger charge is -2.22. The zero-order valence-corrected chi connectivity index (χ0v) is 14.9. The van der Waals surface area contributed by atoms with Crippen molar-refractivity contribution in [3.05, 3.63) is 64.9 Å². The maximum Gasteiger partial charge on any atom is 0.321 e. The van der Waals surface area contributed by atoms with Crippen molar-refractivity contribution in [3.8, 4) is 0 Å². The van der Waals surface area contributed by atoms with Gasteiger partial charge < -0.3 is 15.1 Å². The summed E-state index contributed by atoms with van der Waals surface area (Å²) in [4.78, 5) is 28.4. The van der Waals surface area contributed by atoms with Crippen LogP contribution in [0.1, 0.15) is 16.8 Å². The van der Waals surface area contributed by atoms with Crippen LogP contribution in [-0.2, 0) is 0 Å². The van der Waals surface area contributed by atoms with Crippen LogP contribution in [0.3, 0.4) is 0 Å². The molecule has 0 aliphatic carbocycles. The summed E-state index contributed by atoms with van der Waals surface area (Å²) in [5.41, 5.74) is 1.08. The fraction of sp³-hybridized carbons (Fsp3) is 0.263. The van der Waals surface area contributed by atoms with Gasteiger partial charge in [0.05, 0.1) is 0 Å². The van der Waals surface area contributed by atoms with E-state index in [0.717, 1.165) is 0 Å². The van der Waals surface area contributed by atoms with Gasteiger partial charge in [-0.15, -0.1) is 0 Å². The Kier molecular flexibility index (Phi) is 5.73. The van der Waals surface area contributed by atoms with Gasteiger partial charge in [-0.3, -0.25) is 4.79 Å². The van der Waals surface area contributed by atoms with Gasteiger partial charge in [-0.2, -0.15) is 0 Å². The number of anilines is 1. The molecule has 1 aliphatic rings. The summed E-state index contributed by atoms with van der Waals surface area (Å²) in [6.07, 6.45) is 0.676. The first kappa shape index (κ1) is 18.2. The van der Waals surface area contributed by atoms with E-state index in [1.54, 1.807) is 34.1 Å². The molecule has 2 aromatic rings. The van der Waals surface area contributed by atoms with Gasteiger partial charge in [-0.25, -0.2) is 9.18 Å². The fourth-order valence-corrected chi connectivity index (χ4v) is 3.06. The SMILES string of the molecule is O=C(Nc1cccc(Cl)c1)N1CCCN(C(=O)c2ccc(F)cc2)CC1. The van der Waals surface area contributed by atoms with Gasteiger partial charge in [0, 0.05) is 42.5 Å². The average molecular weight is 376 g/mol. The summed E-state index contributed by atoms with van der Waals surface area (Å²) in [5.74, 6) is -0.525. The lowest BCUT2D eigenvalue weighted by atomic mass is 10.2. The molecule has 7 heteroatoms. The summed E-state index contributed by atoms with van der Waals surface area (Å²) in [6, 6.07) is 12.2. The number of halogens is 2. The van der Waals surface area contributed by atoms with E-state index >= 15 is 0 Å². The van der Waals surface area contributed by atoms with E-state index in [1.807, 2.05) is 0 Å². The zero-order valence-electron chi connectivity index (χ0n) is 14.1. The molecule has 0 radical (unpaired) electrons. The lowest BCUT2D eigenvalue weighted by Crippen LogP contribution is -2.39. The van der Waals surface area contributed by atoms with Gasteiger partial charge in [0.2, 0.25) is 0 Å². The average Bonchev–Trinajstić information content (AvgIpc) is 2.88. The number of hydrogen-bond acceptors (Lipinski definition) is 2.